The molecular weight excluding hydrogens is 376 g/mol. The largest absolute Gasteiger partial charge is 0.479 e. The summed E-state index contributed by atoms with van der Waals surface area (Å²) < 4.78 is 4.87. The number of aliphatic carboxylic acids is 1. The second kappa shape index (κ2) is 12.2. The summed E-state index contributed by atoms with van der Waals surface area (Å²) in [7, 11) is 0. The van der Waals surface area contributed by atoms with Gasteiger partial charge in [0.2, 0.25) is 5.91 Å². The number of carbonyl (C=O) groups excluding carboxylic acids is 2. The van der Waals surface area contributed by atoms with Crippen LogP contribution >= 0.6 is 0 Å². The van der Waals surface area contributed by atoms with E-state index in [4.69, 9.17) is 15.6 Å². The average Bonchev–Trinajstić information content (AvgIpc) is 3.51. The molecule has 0 unspecified atom stereocenters. The number of rotatable bonds is 14. The van der Waals surface area contributed by atoms with Gasteiger partial charge in [0.1, 0.15) is 6.04 Å². The Bertz CT molecular complexity index is 670. The Morgan fingerprint density at radius 1 is 1.03 bits per heavy atom. The monoisotopic (exact) mass is 406 g/mol. The van der Waals surface area contributed by atoms with Gasteiger partial charge in [0.15, 0.2) is 12.2 Å². The van der Waals surface area contributed by atoms with Crippen LogP contribution in [-0.4, -0.2) is 67.3 Å². The number of carbonyl (C=O) groups is 3. The topological polar surface area (TPSA) is 146 Å². The zero-order valence-electron chi connectivity index (χ0n) is 16.4. The maximum Gasteiger partial charge on any atom is 0.336 e. The quantitative estimate of drug-likeness (QED) is 0.205. The van der Waals surface area contributed by atoms with Gasteiger partial charge in [0.25, 0.3) is 5.91 Å². The number of benzene rings is 1. The molecule has 1 aliphatic rings. The Balaban J connectivity index is 1.80. The molecular formula is C20H30N4O5. The van der Waals surface area contributed by atoms with Crippen molar-refractivity contribution in [3.8, 4) is 0 Å². The van der Waals surface area contributed by atoms with Gasteiger partial charge in [0, 0.05) is 13.0 Å². The lowest BCUT2D eigenvalue weighted by Crippen LogP contribution is -2.49. The maximum atomic E-state index is 12.6. The van der Waals surface area contributed by atoms with E-state index in [1.807, 2.05) is 30.3 Å². The van der Waals surface area contributed by atoms with Crippen molar-refractivity contribution in [2.24, 2.45) is 5.73 Å². The highest BCUT2D eigenvalue weighted by molar-refractivity contribution is 5.95. The van der Waals surface area contributed by atoms with Gasteiger partial charge in [-0.3, -0.25) is 9.59 Å². The van der Waals surface area contributed by atoms with Crippen LogP contribution in [0.4, 0.5) is 0 Å². The second-order valence-corrected chi connectivity index (χ2v) is 6.96. The third kappa shape index (κ3) is 8.18. The predicted octanol–water partition coefficient (Wildman–Crippen LogP) is -0.599. The molecule has 29 heavy (non-hydrogen) atoms. The predicted molar refractivity (Wildman–Crippen MR) is 107 cm³/mol. The molecule has 0 saturated carbocycles. The summed E-state index contributed by atoms with van der Waals surface area (Å²) in [5, 5.41) is 17.6. The highest BCUT2D eigenvalue weighted by Gasteiger charge is 2.51. The summed E-state index contributed by atoms with van der Waals surface area (Å²) in [5.74, 6) is -2.07. The molecule has 9 nitrogen and oxygen atoms in total. The number of carboxylic acid groups (broad SMARTS) is 1. The minimum Gasteiger partial charge on any atom is -0.479 e. The van der Waals surface area contributed by atoms with Crippen molar-refractivity contribution < 1.29 is 24.2 Å². The van der Waals surface area contributed by atoms with E-state index in [0.717, 1.165) is 37.9 Å². The van der Waals surface area contributed by atoms with Crippen LogP contribution in [0.5, 0.6) is 0 Å². The van der Waals surface area contributed by atoms with Crippen LogP contribution in [0.25, 0.3) is 0 Å². The summed E-state index contributed by atoms with van der Waals surface area (Å²) in [4.78, 5) is 35.7. The van der Waals surface area contributed by atoms with Gasteiger partial charge < -0.3 is 31.5 Å². The average molecular weight is 406 g/mol. The number of nitrogens with one attached hydrogen (secondary N) is 3. The van der Waals surface area contributed by atoms with Crippen LogP contribution in [0.1, 0.15) is 24.8 Å². The number of unbranched alkanes of at least 4 members (excludes halogenated alkanes) is 1. The fourth-order valence-corrected chi connectivity index (χ4v) is 2.87. The van der Waals surface area contributed by atoms with E-state index >= 15 is 0 Å². The van der Waals surface area contributed by atoms with Gasteiger partial charge in [-0.15, -0.1) is 0 Å². The highest BCUT2D eigenvalue weighted by Crippen LogP contribution is 2.22. The summed E-state index contributed by atoms with van der Waals surface area (Å²) in [6, 6.07) is 8.52. The number of hydrogen-bond acceptors (Lipinski definition) is 6. The summed E-state index contributed by atoms with van der Waals surface area (Å²) in [5.41, 5.74) is 6.32. The molecule has 0 spiro atoms. The van der Waals surface area contributed by atoms with Crippen LogP contribution in [0.15, 0.2) is 30.3 Å². The zero-order valence-corrected chi connectivity index (χ0v) is 16.4. The van der Waals surface area contributed by atoms with E-state index in [1.54, 1.807) is 0 Å². The Morgan fingerprint density at radius 3 is 2.38 bits per heavy atom. The molecule has 160 valence electrons. The Hall–Kier alpha value is -2.49. The first-order chi connectivity index (χ1) is 14.0. The standard InChI is InChI=1S/C20H30N4O5/c21-9-6-11-22-10-4-5-12-23-18(25)15(13-14-7-2-1-3-8-14)24-19(26)16-17(29-16)20(27)28/h1-3,7-8,15-17,22H,4-6,9-13,21H2,(H,23,25)(H,24,26)(H,27,28)/t15-,16-,17-/m0/s1. The molecule has 2 amide bonds. The van der Waals surface area contributed by atoms with E-state index in [9.17, 15) is 14.4 Å². The first-order valence-electron chi connectivity index (χ1n) is 9.94. The van der Waals surface area contributed by atoms with E-state index < -0.39 is 30.1 Å². The second-order valence-electron chi connectivity index (χ2n) is 6.96. The van der Waals surface area contributed by atoms with Crippen LogP contribution in [0, 0.1) is 0 Å². The highest BCUT2D eigenvalue weighted by atomic mass is 16.6. The Morgan fingerprint density at radius 2 is 1.72 bits per heavy atom. The lowest BCUT2D eigenvalue weighted by Gasteiger charge is -2.18. The van der Waals surface area contributed by atoms with Crippen molar-refractivity contribution in [3.05, 3.63) is 35.9 Å². The number of amides is 2. The normalized spacial score (nSPS) is 18.7. The molecule has 1 aromatic rings. The molecule has 0 bridgehead atoms. The molecule has 9 heteroatoms. The smallest absolute Gasteiger partial charge is 0.336 e. The number of nitrogens with two attached hydrogens (primary N) is 1. The van der Waals surface area contributed by atoms with Gasteiger partial charge in [-0.25, -0.2) is 4.79 Å². The van der Waals surface area contributed by atoms with E-state index in [0.29, 0.717) is 19.5 Å². The van der Waals surface area contributed by atoms with Crippen molar-refractivity contribution in [2.45, 2.75) is 43.9 Å². The first-order valence-corrected chi connectivity index (χ1v) is 9.94. The summed E-state index contributed by atoms with van der Waals surface area (Å²) >= 11 is 0. The van der Waals surface area contributed by atoms with Crippen LogP contribution in [-0.2, 0) is 25.5 Å². The maximum absolute atomic E-state index is 12.6. The molecule has 1 aromatic carbocycles. The molecule has 0 aromatic heterocycles. The molecule has 6 N–H and O–H groups in total. The zero-order chi connectivity index (χ0) is 21.1. The van der Waals surface area contributed by atoms with Gasteiger partial charge in [-0.1, -0.05) is 30.3 Å². The molecule has 1 aliphatic heterocycles. The summed E-state index contributed by atoms with van der Waals surface area (Å²) in [6.45, 7) is 2.90. The number of carboxylic acids is 1. The third-order valence-electron chi connectivity index (χ3n) is 4.55. The Labute approximate surface area is 170 Å². The number of ether oxygens (including phenoxy) is 1. The molecule has 3 atom stereocenters. The molecule has 1 heterocycles. The van der Waals surface area contributed by atoms with Gasteiger partial charge in [-0.05, 0) is 44.5 Å². The van der Waals surface area contributed by atoms with Crippen LogP contribution in [0.2, 0.25) is 0 Å². The molecule has 1 fully saturated rings. The van der Waals surface area contributed by atoms with Gasteiger partial charge in [0.05, 0.1) is 0 Å². The van der Waals surface area contributed by atoms with Crippen molar-refractivity contribution in [1.82, 2.24) is 16.0 Å². The SMILES string of the molecule is NCCCNCCCCNC(=O)[C@H](Cc1ccccc1)NC(=O)[C@H]1O[C@@H]1C(=O)O. The van der Waals surface area contributed by atoms with E-state index in [-0.39, 0.29) is 5.91 Å². The minimum absolute atomic E-state index is 0.300. The Kier molecular flexibility index (Phi) is 9.55. The minimum atomic E-state index is -1.19. The number of hydrogen-bond donors (Lipinski definition) is 5. The van der Waals surface area contributed by atoms with Crippen LogP contribution < -0.4 is 21.7 Å². The van der Waals surface area contributed by atoms with Crippen molar-refractivity contribution >= 4 is 17.8 Å². The first kappa shape index (κ1) is 22.8. The van der Waals surface area contributed by atoms with Gasteiger partial charge >= 0.3 is 5.97 Å². The fourth-order valence-electron chi connectivity index (χ4n) is 2.87. The van der Waals surface area contributed by atoms with Crippen LogP contribution in [0.3, 0.4) is 0 Å². The lowest BCUT2D eigenvalue weighted by atomic mass is 10.0. The van der Waals surface area contributed by atoms with Crippen molar-refractivity contribution in [1.29, 1.82) is 0 Å². The molecule has 0 radical (unpaired) electrons. The lowest BCUT2D eigenvalue weighted by molar-refractivity contribution is -0.138. The van der Waals surface area contributed by atoms with E-state index in [2.05, 4.69) is 16.0 Å². The fraction of sp³-hybridized carbons (Fsp3) is 0.550. The molecule has 2 rings (SSSR count). The third-order valence-corrected chi connectivity index (χ3v) is 4.55. The van der Waals surface area contributed by atoms with Crippen molar-refractivity contribution in [2.75, 3.05) is 26.2 Å². The summed E-state index contributed by atoms with van der Waals surface area (Å²) in [6.07, 6.45) is 0.784. The number of epoxide rings is 1. The van der Waals surface area contributed by atoms with Gasteiger partial charge in [-0.2, -0.15) is 0 Å². The molecule has 1 saturated heterocycles. The van der Waals surface area contributed by atoms with E-state index in [1.165, 1.54) is 0 Å². The molecule has 0 aliphatic carbocycles. The van der Waals surface area contributed by atoms with Crippen molar-refractivity contribution in [3.63, 3.8) is 0 Å².